The summed E-state index contributed by atoms with van der Waals surface area (Å²) >= 11 is 0. The number of hydrogen-bond acceptors (Lipinski definition) is 6. The molecule has 8 heteroatoms. The van der Waals surface area contributed by atoms with Gasteiger partial charge in [0.1, 0.15) is 0 Å². The quantitative estimate of drug-likeness (QED) is 0.437. The lowest BCUT2D eigenvalue weighted by molar-refractivity contribution is -0.117. The zero-order valence-corrected chi connectivity index (χ0v) is 16.8. The number of nitrogens with zero attached hydrogens (tertiary/aromatic N) is 4. The molecule has 1 amide bonds. The average Bonchev–Trinajstić information content (AvgIpc) is 3.03. The van der Waals surface area contributed by atoms with Crippen LogP contribution in [0.25, 0.3) is 10.9 Å². The van der Waals surface area contributed by atoms with E-state index in [1.165, 1.54) is 7.11 Å². The van der Waals surface area contributed by atoms with Crippen LogP contribution in [0.1, 0.15) is 18.4 Å². The molecule has 30 heavy (non-hydrogen) atoms. The standard InChI is InChI=1S/C22H22N4O4/c1-29-18-10-9-15(13-19(18)30-2)14-20(27)24-25-21-16-7-3-4-8-17(16)26(22(21)28)12-6-5-11-23/h3-4,7-10,13,28H,5-6,12,14H2,1-2H3. The maximum Gasteiger partial charge on any atom is 0.269 e. The van der Waals surface area contributed by atoms with Crippen LogP contribution in [0, 0.1) is 11.3 Å². The van der Waals surface area contributed by atoms with E-state index in [0.29, 0.717) is 41.8 Å². The van der Waals surface area contributed by atoms with Crippen LogP contribution >= 0.6 is 0 Å². The molecule has 0 fully saturated rings. The first-order valence-corrected chi connectivity index (χ1v) is 9.41. The van der Waals surface area contributed by atoms with Crippen LogP contribution in [0.2, 0.25) is 0 Å². The minimum absolute atomic E-state index is 0.0332. The van der Waals surface area contributed by atoms with Crippen molar-refractivity contribution >= 4 is 22.5 Å². The van der Waals surface area contributed by atoms with Crippen molar-refractivity contribution in [3.63, 3.8) is 0 Å². The Morgan fingerprint density at radius 3 is 2.67 bits per heavy atom. The van der Waals surface area contributed by atoms with E-state index >= 15 is 0 Å². The van der Waals surface area contributed by atoms with Crippen LogP contribution in [-0.4, -0.2) is 29.8 Å². The largest absolute Gasteiger partial charge is 0.493 e. The number of rotatable bonds is 8. The Hall–Kier alpha value is -3.86. The second-order valence-corrected chi connectivity index (χ2v) is 6.56. The number of para-hydroxylation sites is 1. The lowest BCUT2D eigenvalue weighted by atomic mass is 10.1. The third kappa shape index (κ3) is 4.41. The van der Waals surface area contributed by atoms with Crippen LogP contribution in [0.3, 0.4) is 0 Å². The first kappa shape index (κ1) is 20.9. The third-order valence-corrected chi connectivity index (χ3v) is 4.65. The zero-order chi connectivity index (χ0) is 21.5. The number of unbranched alkanes of at least 4 members (excludes halogenated alkanes) is 1. The minimum atomic E-state index is -0.456. The van der Waals surface area contributed by atoms with Gasteiger partial charge in [0, 0.05) is 18.4 Å². The first-order chi connectivity index (χ1) is 14.6. The summed E-state index contributed by atoms with van der Waals surface area (Å²) in [7, 11) is 3.07. The molecule has 1 heterocycles. The van der Waals surface area contributed by atoms with Gasteiger partial charge in [-0.3, -0.25) is 4.79 Å². The van der Waals surface area contributed by atoms with Crippen molar-refractivity contribution in [1.29, 1.82) is 5.26 Å². The topological polar surface area (TPSA) is 109 Å². The highest BCUT2D eigenvalue weighted by molar-refractivity contribution is 5.95. The van der Waals surface area contributed by atoms with Gasteiger partial charge in [-0.05, 0) is 30.2 Å². The molecule has 3 rings (SSSR count). The number of ether oxygens (including phenoxy) is 2. The number of aryl methyl sites for hydroxylation is 1. The number of carbonyl (C=O) groups excluding carboxylic acids is 1. The molecule has 154 valence electrons. The summed E-state index contributed by atoms with van der Waals surface area (Å²) in [4.78, 5) is 12.3. The Balaban J connectivity index is 1.83. The fourth-order valence-corrected chi connectivity index (χ4v) is 3.22. The predicted molar refractivity (Wildman–Crippen MR) is 111 cm³/mol. The molecule has 2 aromatic carbocycles. The van der Waals surface area contributed by atoms with E-state index in [2.05, 4.69) is 16.3 Å². The lowest BCUT2D eigenvalue weighted by Crippen LogP contribution is -1.99. The SMILES string of the molecule is COc1ccc(CC(=O)N=Nc2c(O)n(CCCC#N)c3ccccc23)cc1OC. The second kappa shape index (κ2) is 9.56. The van der Waals surface area contributed by atoms with E-state index in [1.54, 1.807) is 29.9 Å². The number of aromatic nitrogens is 1. The van der Waals surface area contributed by atoms with Crippen LogP contribution in [0.4, 0.5) is 5.69 Å². The van der Waals surface area contributed by atoms with Crippen molar-refractivity contribution in [3.05, 3.63) is 48.0 Å². The second-order valence-electron chi connectivity index (χ2n) is 6.56. The van der Waals surface area contributed by atoms with E-state index in [4.69, 9.17) is 14.7 Å². The Morgan fingerprint density at radius 2 is 1.93 bits per heavy atom. The van der Waals surface area contributed by atoms with E-state index < -0.39 is 5.91 Å². The fraction of sp³-hybridized carbons (Fsp3) is 0.273. The summed E-state index contributed by atoms with van der Waals surface area (Å²) < 4.78 is 12.1. The molecule has 3 aromatic rings. The summed E-state index contributed by atoms with van der Waals surface area (Å²) in [6.45, 7) is 0.467. The van der Waals surface area contributed by atoms with Crippen molar-refractivity contribution < 1.29 is 19.4 Å². The summed E-state index contributed by atoms with van der Waals surface area (Å²) in [5.74, 6) is 0.571. The van der Waals surface area contributed by atoms with Gasteiger partial charge in [0.05, 0.1) is 32.2 Å². The molecule has 0 radical (unpaired) electrons. The highest BCUT2D eigenvalue weighted by Crippen LogP contribution is 2.39. The molecule has 0 aliphatic rings. The van der Waals surface area contributed by atoms with Gasteiger partial charge in [-0.25, -0.2) is 0 Å². The molecular formula is C22H22N4O4. The van der Waals surface area contributed by atoms with Crippen LogP contribution in [0.15, 0.2) is 52.7 Å². The number of methoxy groups -OCH3 is 2. The molecular weight excluding hydrogens is 384 g/mol. The zero-order valence-electron chi connectivity index (χ0n) is 16.8. The Bertz CT molecular complexity index is 1130. The van der Waals surface area contributed by atoms with Gasteiger partial charge >= 0.3 is 0 Å². The van der Waals surface area contributed by atoms with Gasteiger partial charge in [-0.1, -0.05) is 24.3 Å². The van der Waals surface area contributed by atoms with Crippen molar-refractivity contribution in [3.8, 4) is 23.4 Å². The number of carbonyl (C=O) groups is 1. The molecule has 1 aromatic heterocycles. The lowest BCUT2D eigenvalue weighted by Gasteiger charge is -2.08. The molecule has 0 aliphatic heterocycles. The molecule has 8 nitrogen and oxygen atoms in total. The molecule has 0 atom stereocenters. The van der Waals surface area contributed by atoms with Crippen molar-refractivity contribution in [2.24, 2.45) is 10.2 Å². The summed E-state index contributed by atoms with van der Waals surface area (Å²) in [5, 5.41) is 27.9. The maximum absolute atomic E-state index is 12.3. The third-order valence-electron chi connectivity index (χ3n) is 4.65. The fourth-order valence-electron chi connectivity index (χ4n) is 3.22. The van der Waals surface area contributed by atoms with Crippen molar-refractivity contribution in [2.75, 3.05) is 14.2 Å². The number of amides is 1. The minimum Gasteiger partial charge on any atom is -0.493 e. The number of aromatic hydroxyl groups is 1. The van der Waals surface area contributed by atoms with Crippen LogP contribution < -0.4 is 9.47 Å². The molecule has 0 aliphatic carbocycles. The Morgan fingerprint density at radius 1 is 1.17 bits per heavy atom. The highest BCUT2D eigenvalue weighted by Gasteiger charge is 2.16. The van der Waals surface area contributed by atoms with E-state index in [9.17, 15) is 9.90 Å². The van der Waals surface area contributed by atoms with E-state index in [0.717, 1.165) is 5.52 Å². The maximum atomic E-state index is 12.3. The summed E-state index contributed by atoms with van der Waals surface area (Å²) in [5.41, 5.74) is 1.72. The number of nitriles is 1. The smallest absolute Gasteiger partial charge is 0.269 e. The van der Waals surface area contributed by atoms with Gasteiger partial charge in [0.2, 0.25) is 5.88 Å². The van der Waals surface area contributed by atoms with Gasteiger partial charge in [0.15, 0.2) is 17.2 Å². The molecule has 1 N–H and O–H groups in total. The van der Waals surface area contributed by atoms with Crippen molar-refractivity contribution in [1.82, 2.24) is 4.57 Å². The van der Waals surface area contributed by atoms with Gasteiger partial charge < -0.3 is 19.1 Å². The molecule has 0 unspecified atom stereocenters. The predicted octanol–water partition coefficient (Wildman–Crippen LogP) is 4.52. The molecule has 0 saturated carbocycles. The average molecular weight is 406 g/mol. The monoisotopic (exact) mass is 406 g/mol. The van der Waals surface area contributed by atoms with Crippen LogP contribution in [-0.2, 0) is 17.8 Å². The first-order valence-electron chi connectivity index (χ1n) is 9.41. The molecule has 0 saturated heterocycles. The summed E-state index contributed by atoms with van der Waals surface area (Å²) in [6, 6.07) is 14.6. The normalized spacial score (nSPS) is 11.0. The molecule has 0 bridgehead atoms. The van der Waals surface area contributed by atoms with Gasteiger partial charge in [-0.15, -0.1) is 10.2 Å². The number of benzene rings is 2. The highest BCUT2D eigenvalue weighted by atomic mass is 16.5. The number of hydrogen-bond donors (Lipinski definition) is 1. The Kier molecular flexibility index (Phi) is 6.65. The van der Waals surface area contributed by atoms with Gasteiger partial charge in [-0.2, -0.15) is 5.26 Å². The van der Waals surface area contributed by atoms with E-state index in [-0.39, 0.29) is 18.0 Å². The Labute approximate surface area is 174 Å². The molecule has 0 spiro atoms. The summed E-state index contributed by atoms with van der Waals surface area (Å²) in [6.07, 6.45) is 1.01. The van der Waals surface area contributed by atoms with E-state index in [1.807, 2.05) is 24.3 Å². The number of fused-ring (bicyclic) bond motifs is 1. The number of azo groups is 1. The van der Waals surface area contributed by atoms with Gasteiger partial charge in [0.25, 0.3) is 5.91 Å². The van der Waals surface area contributed by atoms with Crippen LogP contribution in [0.5, 0.6) is 17.4 Å². The van der Waals surface area contributed by atoms with Crippen molar-refractivity contribution in [2.45, 2.75) is 25.8 Å².